The zero-order chi connectivity index (χ0) is 27.6. The van der Waals surface area contributed by atoms with Crippen LogP contribution in [0.2, 0.25) is 0 Å². The van der Waals surface area contributed by atoms with Crippen molar-refractivity contribution in [2.45, 2.75) is 32.9 Å². The highest BCUT2D eigenvalue weighted by Gasteiger charge is 2.23. The monoisotopic (exact) mass is 572 g/mol. The van der Waals surface area contributed by atoms with Gasteiger partial charge in [-0.2, -0.15) is 16.9 Å². The fraction of sp³-hybridized carbons (Fsp3) is 0.464. The third-order valence-corrected chi connectivity index (χ3v) is 7.95. The molecule has 2 heterocycles. The highest BCUT2D eigenvalue weighted by molar-refractivity contribution is 8.14. The molecule has 11 heteroatoms. The molecule has 210 valence electrons. The Morgan fingerprint density at radius 1 is 1.10 bits per heavy atom. The Bertz CT molecular complexity index is 1150. The molecule has 0 aromatic heterocycles. The molecule has 2 aliphatic heterocycles. The lowest BCUT2D eigenvalue weighted by molar-refractivity contribution is 0.153. The van der Waals surface area contributed by atoms with Crippen LogP contribution in [0.4, 0.5) is 15.3 Å². The summed E-state index contributed by atoms with van der Waals surface area (Å²) in [6.45, 7) is 7.79. The van der Waals surface area contributed by atoms with Gasteiger partial charge in [0.05, 0.1) is 32.1 Å². The van der Waals surface area contributed by atoms with Crippen LogP contribution in [0.15, 0.2) is 47.6 Å². The van der Waals surface area contributed by atoms with Gasteiger partial charge >= 0.3 is 11.3 Å². The molecular weight excluding hydrogens is 536 g/mol. The lowest BCUT2D eigenvalue weighted by atomic mass is 10.1. The number of hydrazone groups is 1. The number of benzene rings is 2. The summed E-state index contributed by atoms with van der Waals surface area (Å²) in [5.41, 5.74) is 3.20. The van der Waals surface area contributed by atoms with Crippen LogP contribution < -0.4 is 14.8 Å². The van der Waals surface area contributed by atoms with E-state index in [2.05, 4.69) is 15.3 Å². The normalized spacial score (nSPS) is 16.2. The van der Waals surface area contributed by atoms with Crippen molar-refractivity contribution >= 4 is 46.3 Å². The van der Waals surface area contributed by atoms with E-state index < -0.39 is 6.09 Å². The third-order valence-electron chi connectivity index (χ3n) is 6.13. The molecule has 0 radical (unpaired) electrons. The van der Waals surface area contributed by atoms with Gasteiger partial charge < -0.3 is 19.1 Å². The van der Waals surface area contributed by atoms with E-state index in [4.69, 9.17) is 14.2 Å². The Hall–Kier alpha value is -2.89. The summed E-state index contributed by atoms with van der Waals surface area (Å²) >= 11 is 3.20. The number of hydrogen-bond donors (Lipinski definition) is 1. The Morgan fingerprint density at radius 2 is 1.87 bits per heavy atom. The van der Waals surface area contributed by atoms with Crippen LogP contribution in [-0.2, 0) is 11.3 Å². The van der Waals surface area contributed by atoms with Gasteiger partial charge in [0.2, 0.25) is 0 Å². The van der Waals surface area contributed by atoms with Crippen LogP contribution in [0.1, 0.15) is 31.4 Å². The summed E-state index contributed by atoms with van der Waals surface area (Å²) in [6.07, 6.45) is 0.358. The number of rotatable bonds is 11. The minimum Gasteiger partial charge on any atom is -0.493 e. The van der Waals surface area contributed by atoms with E-state index in [1.54, 1.807) is 19.2 Å². The van der Waals surface area contributed by atoms with Crippen LogP contribution in [0.3, 0.4) is 0 Å². The minimum absolute atomic E-state index is 0.00188. The summed E-state index contributed by atoms with van der Waals surface area (Å²) < 4.78 is 16.6. The summed E-state index contributed by atoms with van der Waals surface area (Å²) in [5, 5.41) is 8.76. The Kier molecular flexibility index (Phi) is 10.8. The van der Waals surface area contributed by atoms with Crippen LogP contribution >= 0.6 is 23.5 Å². The number of thioether (sulfide) groups is 2. The van der Waals surface area contributed by atoms with Crippen molar-refractivity contribution in [2.24, 2.45) is 5.10 Å². The predicted molar refractivity (Wildman–Crippen MR) is 158 cm³/mol. The third kappa shape index (κ3) is 8.81. The standard InChI is InChI=1S/C28H36N4O5S2/c1-20(2)37-26-17-22(7-10-25(26)35-3)24-19-39-28(34)32(30-24)18-21-5-8-23(9-6-21)29-27(33)36-14-4-11-31-12-15-38-16-13-31/h5-10,17,20H,4,11-16,18-19H2,1-3H3,(H,29,33). The molecule has 1 saturated heterocycles. The van der Waals surface area contributed by atoms with Crippen molar-refractivity contribution in [2.75, 3.05) is 55.9 Å². The smallest absolute Gasteiger partial charge is 0.411 e. The van der Waals surface area contributed by atoms with E-state index in [0.29, 0.717) is 36.1 Å². The molecule has 39 heavy (non-hydrogen) atoms. The van der Waals surface area contributed by atoms with Crippen molar-refractivity contribution in [3.8, 4) is 11.5 Å². The average Bonchev–Trinajstić information content (AvgIpc) is 2.93. The Morgan fingerprint density at radius 3 is 2.59 bits per heavy atom. The Balaban J connectivity index is 1.30. The first-order chi connectivity index (χ1) is 18.9. The van der Waals surface area contributed by atoms with Gasteiger partial charge in [-0.15, -0.1) is 0 Å². The van der Waals surface area contributed by atoms with Crippen molar-refractivity contribution in [3.63, 3.8) is 0 Å². The molecule has 4 rings (SSSR count). The van der Waals surface area contributed by atoms with E-state index in [1.807, 2.05) is 55.9 Å². The summed E-state index contributed by atoms with van der Waals surface area (Å²) in [6, 6.07) is 13.0. The molecule has 2 amide bonds. The molecule has 1 N–H and O–H groups in total. The summed E-state index contributed by atoms with van der Waals surface area (Å²) in [4.78, 5) is 27.2. The first-order valence-corrected chi connectivity index (χ1v) is 15.2. The highest BCUT2D eigenvalue weighted by atomic mass is 32.2. The van der Waals surface area contributed by atoms with Crippen LogP contribution in [0.5, 0.6) is 11.5 Å². The second-order valence-electron chi connectivity index (χ2n) is 9.46. The number of nitrogens with zero attached hydrogens (tertiary/aromatic N) is 3. The van der Waals surface area contributed by atoms with Crippen molar-refractivity contribution in [1.29, 1.82) is 0 Å². The fourth-order valence-electron chi connectivity index (χ4n) is 4.16. The summed E-state index contributed by atoms with van der Waals surface area (Å²) in [7, 11) is 1.61. The fourth-order valence-corrected chi connectivity index (χ4v) is 5.88. The lowest BCUT2D eigenvalue weighted by Crippen LogP contribution is -2.34. The number of anilines is 1. The van der Waals surface area contributed by atoms with Gasteiger partial charge in [-0.25, -0.2) is 9.80 Å². The molecule has 2 aliphatic rings. The number of ether oxygens (including phenoxy) is 3. The predicted octanol–water partition coefficient (Wildman–Crippen LogP) is 5.54. The molecule has 0 unspecified atom stereocenters. The van der Waals surface area contributed by atoms with Crippen molar-refractivity contribution in [3.05, 3.63) is 53.6 Å². The number of methoxy groups -OCH3 is 1. The molecule has 0 atom stereocenters. The van der Waals surface area contributed by atoms with Gasteiger partial charge in [-0.05, 0) is 56.2 Å². The first kappa shape index (κ1) is 29.1. The van der Waals surface area contributed by atoms with Gasteiger partial charge in [0.1, 0.15) is 0 Å². The maximum Gasteiger partial charge on any atom is 0.411 e. The molecule has 1 fully saturated rings. The Labute approximate surface area is 238 Å². The number of amides is 2. The zero-order valence-electron chi connectivity index (χ0n) is 22.7. The highest BCUT2D eigenvalue weighted by Crippen LogP contribution is 2.31. The molecule has 2 aromatic carbocycles. The van der Waals surface area contributed by atoms with Gasteiger partial charge in [0.15, 0.2) is 11.5 Å². The van der Waals surface area contributed by atoms with Crippen LogP contribution in [0, 0.1) is 0 Å². The van der Waals surface area contributed by atoms with Gasteiger partial charge in [-0.3, -0.25) is 10.1 Å². The first-order valence-electron chi connectivity index (χ1n) is 13.1. The van der Waals surface area contributed by atoms with E-state index in [0.717, 1.165) is 42.9 Å². The largest absolute Gasteiger partial charge is 0.493 e. The second kappa shape index (κ2) is 14.5. The molecule has 2 aromatic rings. The number of nitrogens with one attached hydrogen (secondary N) is 1. The van der Waals surface area contributed by atoms with E-state index in [-0.39, 0.29) is 11.3 Å². The van der Waals surface area contributed by atoms with Gasteiger partial charge in [0.25, 0.3) is 0 Å². The topological polar surface area (TPSA) is 92.7 Å². The van der Waals surface area contributed by atoms with Gasteiger partial charge in [0, 0.05) is 48.1 Å². The average molecular weight is 573 g/mol. The quantitative estimate of drug-likeness (QED) is 0.351. The maximum absolute atomic E-state index is 12.6. The number of carbonyl (C=O) groups excluding carboxylic acids is 2. The van der Waals surface area contributed by atoms with E-state index in [1.165, 1.54) is 28.3 Å². The van der Waals surface area contributed by atoms with Gasteiger partial charge in [-0.1, -0.05) is 23.9 Å². The van der Waals surface area contributed by atoms with Crippen molar-refractivity contribution < 1.29 is 23.8 Å². The molecule has 0 aliphatic carbocycles. The lowest BCUT2D eigenvalue weighted by Gasteiger charge is -2.25. The molecule has 9 nitrogen and oxygen atoms in total. The van der Waals surface area contributed by atoms with E-state index >= 15 is 0 Å². The minimum atomic E-state index is -0.464. The summed E-state index contributed by atoms with van der Waals surface area (Å²) in [5.74, 6) is 4.12. The zero-order valence-corrected chi connectivity index (χ0v) is 24.3. The van der Waals surface area contributed by atoms with E-state index in [9.17, 15) is 9.59 Å². The second-order valence-corrected chi connectivity index (χ2v) is 11.6. The molecular formula is C28H36N4O5S2. The SMILES string of the molecule is COc1ccc(C2=NN(Cc3ccc(NC(=O)OCCCN4CCSCC4)cc3)C(=O)SC2)cc1OC(C)C. The molecule has 0 saturated carbocycles. The molecule has 0 spiro atoms. The van der Waals surface area contributed by atoms with Crippen LogP contribution in [-0.4, -0.2) is 83.7 Å². The van der Waals surface area contributed by atoms with Crippen LogP contribution in [0.25, 0.3) is 0 Å². The number of hydrogen-bond acceptors (Lipinski definition) is 9. The van der Waals surface area contributed by atoms with Crippen molar-refractivity contribution in [1.82, 2.24) is 9.91 Å². The molecule has 0 bridgehead atoms. The maximum atomic E-state index is 12.6. The number of carbonyl (C=O) groups is 2.